The molecule has 0 radical (unpaired) electrons. The van der Waals surface area contributed by atoms with E-state index in [-0.39, 0.29) is 30.3 Å². The van der Waals surface area contributed by atoms with Gasteiger partial charge in [0, 0.05) is 29.6 Å². The predicted octanol–water partition coefficient (Wildman–Crippen LogP) is 0.625. The van der Waals surface area contributed by atoms with Crippen LogP contribution in [0.1, 0.15) is 6.42 Å². The van der Waals surface area contributed by atoms with Crippen LogP contribution in [-0.2, 0) is 14.8 Å². The maximum Gasteiger partial charge on any atom is 0.236 e. The van der Waals surface area contributed by atoms with Crippen molar-refractivity contribution < 1.29 is 17.6 Å². The van der Waals surface area contributed by atoms with Crippen LogP contribution in [-0.4, -0.2) is 31.6 Å². The summed E-state index contributed by atoms with van der Waals surface area (Å²) in [5.74, 6) is -1.83. The lowest BCUT2D eigenvalue weighted by Gasteiger charge is -2.17. The topological polar surface area (TPSA) is 93.4 Å². The Morgan fingerprint density at radius 2 is 2.26 bits per heavy atom. The van der Waals surface area contributed by atoms with Gasteiger partial charge in [-0.1, -0.05) is 0 Å². The van der Waals surface area contributed by atoms with E-state index in [0.29, 0.717) is 4.47 Å². The largest absolute Gasteiger partial charge is 0.308 e. The third-order valence-electron chi connectivity index (χ3n) is 2.75. The highest BCUT2D eigenvalue weighted by Crippen LogP contribution is 2.28. The van der Waals surface area contributed by atoms with Crippen molar-refractivity contribution in [2.24, 2.45) is 11.1 Å². The summed E-state index contributed by atoms with van der Waals surface area (Å²) in [6.07, 6.45) is 1.31. The molecule has 1 aromatic rings. The minimum absolute atomic E-state index is 0.0301. The van der Waals surface area contributed by atoms with Crippen molar-refractivity contribution in [1.29, 1.82) is 0 Å². The number of nitrogens with two attached hydrogens (primary N) is 1. The Labute approximate surface area is 118 Å². The Morgan fingerprint density at radius 3 is 2.89 bits per heavy atom. The van der Waals surface area contributed by atoms with E-state index in [1.54, 1.807) is 0 Å². The lowest BCUT2D eigenvalue weighted by atomic mass is 10.1. The molecule has 1 aliphatic heterocycles. The molecule has 1 aliphatic rings. The summed E-state index contributed by atoms with van der Waals surface area (Å²) in [5.41, 5.74) is 0.0382. The van der Waals surface area contributed by atoms with Gasteiger partial charge in [-0.15, -0.1) is 0 Å². The lowest BCUT2D eigenvalue weighted by Crippen LogP contribution is -2.28. The van der Waals surface area contributed by atoms with Crippen molar-refractivity contribution in [3.05, 3.63) is 22.7 Å². The van der Waals surface area contributed by atoms with Gasteiger partial charge in [0.2, 0.25) is 21.9 Å². The van der Waals surface area contributed by atoms with Gasteiger partial charge in [-0.25, -0.2) is 18.5 Å². The van der Waals surface area contributed by atoms with Gasteiger partial charge in [0.05, 0.1) is 5.75 Å². The lowest BCUT2D eigenvalue weighted by molar-refractivity contribution is -0.117. The van der Waals surface area contributed by atoms with Gasteiger partial charge < -0.3 is 4.90 Å². The Kier molecular flexibility index (Phi) is 3.88. The van der Waals surface area contributed by atoms with Gasteiger partial charge in [-0.3, -0.25) is 4.79 Å². The van der Waals surface area contributed by atoms with E-state index in [2.05, 4.69) is 20.9 Å². The third-order valence-corrected chi connectivity index (χ3v) is 4.12. The second-order valence-corrected chi connectivity index (χ2v) is 6.94. The number of hydrogen-bond acceptors (Lipinski definition) is 4. The molecule has 1 atom stereocenters. The Hall–Kier alpha value is -1.06. The molecule has 0 saturated carbocycles. The zero-order chi connectivity index (χ0) is 14.2. The molecular formula is C10H11BrFN3O3S. The smallest absolute Gasteiger partial charge is 0.236 e. The summed E-state index contributed by atoms with van der Waals surface area (Å²) in [7, 11) is -3.65. The number of halogens is 2. The van der Waals surface area contributed by atoms with Crippen molar-refractivity contribution in [2.75, 3.05) is 17.2 Å². The number of hydrogen-bond donors (Lipinski definition) is 1. The first-order valence-corrected chi connectivity index (χ1v) is 7.89. The van der Waals surface area contributed by atoms with Crippen LogP contribution in [0.4, 0.5) is 10.1 Å². The van der Waals surface area contributed by atoms with Crippen molar-refractivity contribution in [2.45, 2.75) is 6.42 Å². The summed E-state index contributed by atoms with van der Waals surface area (Å²) < 4.78 is 36.1. The summed E-state index contributed by atoms with van der Waals surface area (Å²) in [5, 5.41) is 4.95. The molecule has 0 spiro atoms. The fourth-order valence-corrected chi connectivity index (χ4v) is 3.26. The normalized spacial score (nSPS) is 20.1. The number of nitrogens with zero attached hydrogens (tertiary/aromatic N) is 2. The molecule has 1 unspecified atom stereocenters. The van der Waals surface area contributed by atoms with Gasteiger partial charge in [0.25, 0.3) is 0 Å². The van der Waals surface area contributed by atoms with E-state index in [1.807, 2.05) is 0 Å². The number of primary sulfonamides is 1. The molecule has 19 heavy (non-hydrogen) atoms. The second-order valence-electron chi connectivity index (χ2n) is 4.37. The fourth-order valence-electron chi connectivity index (χ4n) is 2.06. The number of carbonyl (C=O) groups is 1. The van der Waals surface area contributed by atoms with Crippen LogP contribution >= 0.6 is 15.9 Å². The minimum Gasteiger partial charge on any atom is -0.308 e. The van der Waals surface area contributed by atoms with E-state index < -0.39 is 21.9 Å². The molecule has 104 valence electrons. The molecule has 0 bridgehead atoms. The number of anilines is 1. The van der Waals surface area contributed by atoms with Crippen molar-refractivity contribution in [3.63, 3.8) is 0 Å². The van der Waals surface area contributed by atoms with E-state index in [0.717, 1.165) is 0 Å². The van der Waals surface area contributed by atoms with Gasteiger partial charge in [0.15, 0.2) is 0 Å². The molecule has 0 aromatic carbocycles. The first-order chi connectivity index (χ1) is 8.76. The van der Waals surface area contributed by atoms with Crippen LogP contribution in [0.5, 0.6) is 0 Å². The van der Waals surface area contributed by atoms with Crippen LogP contribution in [0.15, 0.2) is 16.7 Å². The monoisotopic (exact) mass is 351 g/mol. The molecule has 0 aliphatic carbocycles. The number of carbonyl (C=O) groups excluding carboxylic acids is 1. The summed E-state index contributed by atoms with van der Waals surface area (Å²) in [6.45, 7) is 0.115. The number of sulfonamides is 1. The maximum atomic E-state index is 13.6. The summed E-state index contributed by atoms with van der Waals surface area (Å²) in [4.78, 5) is 16.5. The second kappa shape index (κ2) is 5.14. The Bertz CT molecular complexity index is 622. The highest BCUT2D eigenvalue weighted by atomic mass is 79.9. The van der Waals surface area contributed by atoms with Crippen LogP contribution in [0.3, 0.4) is 0 Å². The Balaban J connectivity index is 2.23. The van der Waals surface area contributed by atoms with E-state index in [4.69, 9.17) is 5.14 Å². The fraction of sp³-hybridized carbons (Fsp3) is 0.400. The predicted molar refractivity (Wildman–Crippen MR) is 70.3 cm³/mol. The molecule has 9 heteroatoms. The molecule has 6 nitrogen and oxygen atoms in total. The SMILES string of the molecule is NS(=O)(=O)CC1CC(=O)N(c2cc(Br)cnc2F)C1. The van der Waals surface area contributed by atoms with Crippen LogP contribution in [0, 0.1) is 11.9 Å². The van der Waals surface area contributed by atoms with Crippen molar-refractivity contribution >= 4 is 37.5 Å². The number of pyridine rings is 1. The first kappa shape index (κ1) is 14.4. The maximum absolute atomic E-state index is 13.6. The summed E-state index contributed by atoms with van der Waals surface area (Å²) in [6, 6.07) is 1.43. The van der Waals surface area contributed by atoms with Crippen molar-refractivity contribution in [3.8, 4) is 0 Å². The molecule has 1 fully saturated rings. The average Bonchev–Trinajstić information content (AvgIpc) is 2.60. The Morgan fingerprint density at radius 1 is 1.58 bits per heavy atom. The van der Waals surface area contributed by atoms with E-state index in [9.17, 15) is 17.6 Å². The molecule has 1 aromatic heterocycles. The van der Waals surface area contributed by atoms with E-state index in [1.165, 1.54) is 17.2 Å². The zero-order valence-electron chi connectivity index (χ0n) is 9.71. The van der Waals surface area contributed by atoms with Gasteiger partial charge in [0.1, 0.15) is 5.69 Å². The first-order valence-electron chi connectivity index (χ1n) is 5.38. The zero-order valence-corrected chi connectivity index (χ0v) is 12.1. The van der Waals surface area contributed by atoms with Crippen molar-refractivity contribution in [1.82, 2.24) is 4.98 Å². The molecule has 2 rings (SSSR count). The standard InChI is InChI=1S/C10H11BrFN3O3S/c11-7-2-8(10(12)14-3-7)15-4-6(1-9(15)16)5-19(13,17)18/h2-3,6H,1,4-5H2,(H2,13,17,18). The van der Waals surface area contributed by atoms with Crippen LogP contribution < -0.4 is 10.0 Å². The molecule has 1 amide bonds. The third kappa shape index (κ3) is 3.48. The molecule has 2 heterocycles. The summed E-state index contributed by atoms with van der Waals surface area (Å²) >= 11 is 3.14. The number of rotatable bonds is 3. The number of aromatic nitrogens is 1. The average molecular weight is 352 g/mol. The molecule has 1 saturated heterocycles. The molecular weight excluding hydrogens is 341 g/mol. The minimum atomic E-state index is -3.65. The highest BCUT2D eigenvalue weighted by Gasteiger charge is 2.34. The van der Waals surface area contributed by atoms with E-state index >= 15 is 0 Å². The number of amides is 1. The highest BCUT2D eigenvalue weighted by molar-refractivity contribution is 9.10. The van der Waals surface area contributed by atoms with Crippen LogP contribution in [0.2, 0.25) is 0 Å². The van der Waals surface area contributed by atoms with Crippen LogP contribution in [0.25, 0.3) is 0 Å². The quantitative estimate of drug-likeness (QED) is 0.808. The van der Waals surface area contributed by atoms with Gasteiger partial charge in [-0.2, -0.15) is 4.39 Å². The molecule has 2 N–H and O–H groups in total. The van der Waals surface area contributed by atoms with Gasteiger partial charge in [-0.05, 0) is 22.0 Å². The van der Waals surface area contributed by atoms with Gasteiger partial charge >= 0.3 is 0 Å².